The van der Waals surface area contributed by atoms with Crippen LogP contribution in [0, 0.1) is 11.3 Å². The van der Waals surface area contributed by atoms with Crippen molar-refractivity contribution >= 4 is 34.6 Å². The van der Waals surface area contributed by atoms with Crippen LogP contribution >= 0.6 is 23.8 Å². The van der Waals surface area contributed by atoms with Gasteiger partial charge < -0.3 is 11.2 Å². The first-order chi connectivity index (χ1) is 9.66. The molecule has 112 valence electrons. The molecular formula is C11H9ClF3N5S. The molecule has 0 aromatic carbocycles. The van der Waals surface area contributed by atoms with Gasteiger partial charge in [-0.25, -0.2) is 4.98 Å². The number of thiocarbonyl (C=S) groups is 1. The highest BCUT2D eigenvalue weighted by atomic mass is 35.5. The Kier molecular flexibility index (Phi) is 5.34. The molecule has 0 saturated carbocycles. The summed E-state index contributed by atoms with van der Waals surface area (Å²) in [4.78, 5) is 3.44. The Morgan fingerprint density at radius 2 is 2.14 bits per heavy atom. The molecule has 5 nitrogen and oxygen atoms in total. The molecule has 0 unspecified atom stereocenters. The number of hydrazine groups is 1. The van der Waals surface area contributed by atoms with Gasteiger partial charge in [-0.3, -0.25) is 5.43 Å². The Morgan fingerprint density at radius 1 is 1.52 bits per heavy atom. The lowest BCUT2D eigenvalue weighted by Gasteiger charge is -2.13. The first kappa shape index (κ1) is 17.0. The van der Waals surface area contributed by atoms with Gasteiger partial charge in [-0.15, -0.1) is 0 Å². The number of anilines is 1. The van der Waals surface area contributed by atoms with Crippen LogP contribution in [0.4, 0.5) is 19.0 Å². The molecule has 0 atom stereocenters. The number of allylic oxidation sites excluding steroid dienone is 1. The molecule has 0 radical (unpaired) electrons. The molecule has 1 heterocycles. The van der Waals surface area contributed by atoms with E-state index in [2.05, 4.69) is 28.1 Å². The second-order valence-electron chi connectivity index (χ2n) is 3.78. The standard InChI is InChI=1S/C11H9ClF3N5S/c1-5(7(3-16)9(17)21)19-20-10-8(12)2-6(4-18-10)11(13,14)15/h2,4,19H,1H3,(H2,17,21)(H,18,20). The van der Waals surface area contributed by atoms with Crippen LogP contribution in [0.15, 0.2) is 23.5 Å². The number of pyridine rings is 1. The van der Waals surface area contributed by atoms with Gasteiger partial charge in [0.15, 0.2) is 5.82 Å². The minimum atomic E-state index is -4.53. The van der Waals surface area contributed by atoms with Crippen LogP contribution in [0.1, 0.15) is 12.5 Å². The largest absolute Gasteiger partial charge is 0.417 e. The number of nitrogens with zero attached hydrogens (tertiary/aromatic N) is 2. The van der Waals surface area contributed by atoms with E-state index < -0.39 is 11.7 Å². The second kappa shape index (κ2) is 6.60. The zero-order valence-electron chi connectivity index (χ0n) is 10.5. The predicted molar refractivity (Wildman–Crippen MR) is 76.1 cm³/mol. The molecule has 4 N–H and O–H groups in total. The fraction of sp³-hybridized carbons (Fsp3) is 0.182. The molecule has 0 saturated heterocycles. The van der Waals surface area contributed by atoms with Gasteiger partial charge in [0.1, 0.15) is 16.6 Å². The highest BCUT2D eigenvalue weighted by Gasteiger charge is 2.31. The van der Waals surface area contributed by atoms with Crippen molar-refractivity contribution in [1.82, 2.24) is 10.4 Å². The maximum absolute atomic E-state index is 12.4. The van der Waals surface area contributed by atoms with Crippen molar-refractivity contribution in [3.63, 3.8) is 0 Å². The van der Waals surface area contributed by atoms with E-state index in [1.807, 2.05) is 0 Å². The third-order valence-corrected chi connectivity index (χ3v) is 2.76. The Labute approximate surface area is 128 Å². The average Bonchev–Trinajstić information content (AvgIpc) is 2.36. The average molecular weight is 336 g/mol. The van der Waals surface area contributed by atoms with E-state index in [1.54, 1.807) is 6.07 Å². The Balaban J connectivity index is 2.92. The molecule has 1 rings (SSSR count). The highest BCUT2D eigenvalue weighted by molar-refractivity contribution is 7.80. The fourth-order valence-corrected chi connectivity index (χ4v) is 1.64. The Hall–Kier alpha value is -2.05. The van der Waals surface area contributed by atoms with Crippen molar-refractivity contribution in [1.29, 1.82) is 5.26 Å². The number of alkyl halides is 3. The van der Waals surface area contributed by atoms with Crippen LogP contribution in [-0.2, 0) is 6.18 Å². The number of halogens is 4. The zero-order valence-corrected chi connectivity index (χ0v) is 12.1. The van der Waals surface area contributed by atoms with Gasteiger partial charge >= 0.3 is 6.18 Å². The minimum absolute atomic E-state index is 0.0283. The summed E-state index contributed by atoms with van der Waals surface area (Å²) in [6.45, 7) is 1.50. The Bertz CT molecular complexity index is 636. The highest BCUT2D eigenvalue weighted by Crippen LogP contribution is 2.32. The molecule has 21 heavy (non-hydrogen) atoms. The molecule has 0 amide bonds. The van der Waals surface area contributed by atoms with Crippen molar-refractivity contribution in [2.24, 2.45) is 5.73 Å². The lowest BCUT2D eigenvalue weighted by Crippen LogP contribution is -2.25. The summed E-state index contributed by atoms with van der Waals surface area (Å²) in [5.74, 6) is -0.0377. The van der Waals surface area contributed by atoms with Crippen molar-refractivity contribution < 1.29 is 13.2 Å². The van der Waals surface area contributed by atoms with E-state index in [1.165, 1.54) is 6.92 Å². The lowest BCUT2D eigenvalue weighted by atomic mass is 10.2. The third-order valence-electron chi connectivity index (χ3n) is 2.27. The van der Waals surface area contributed by atoms with Crippen LogP contribution in [0.2, 0.25) is 5.02 Å². The molecule has 0 fully saturated rings. The molecule has 0 aliphatic rings. The maximum Gasteiger partial charge on any atom is 0.417 e. The maximum atomic E-state index is 12.4. The van der Waals surface area contributed by atoms with Gasteiger partial charge in [0.05, 0.1) is 10.6 Å². The van der Waals surface area contributed by atoms with Gasteiger partial charge in [0, 0.05) is 11.9 Å². The molecule has 10 heteroatoms. The quantitative estimate of drug-likeness (QED) is 0.339. The van der Waals surface area contributed by atoms with Crippen LogP contribution in [0.5, 0.6) is 0 Å². The van der Waals surface area contributed by atoms with Gasteiger partial charge in [-0.1, -0.05) is 23.8 Å². The monoisotopic (exact) mass is 335 g/mol. The molecule has 0 aliphatic heterocycles. The molecular weight excluding hydrogens is 327 g/mol. The summed E-state index contributed by atoms with van der Waals surface area (Å²) in [7, 11) is 0. The number of nitrogens with one attached hydrogen (secondary N) is 2. The number of nitriles is 1. The number of aromatic nitrogens is 1. The molecule has 0 aliphatic carbocycles. The molecule has 1 aromatic rings. The van der Waals surface area contributed by atoms with E-state index in [0.717, 1.165) is 6.07 Å². The first-order valence-corrected chi connectivity index (χ1v) is 6.11. The topological polar surface area (TPSA) is 86.8 Å². The fourth-order valence-electron chi connectivity index (χ4n) is 1.22. The van der Waals surface area contributed by atoms with Crippen molar-refractivity contribution in [2.75, 3.05) is 5.43 Å². The summed E-state index contributed by atoms with van der Waals surface area (Å²) in [5, 5.41) is 8.60. The molecule has 0 spiro atoms. The first-order valence-electron chi connectivity index (χ1n) is 5.32. The van der Waals surface area contributed by atoms with Crippen LogP contribution in [0.3, 0.4) is 0 Å². The summed E-state index contributed by atoms with van der Waals surface area (Å²) in [6.07, 6.45) is -3.90. The van der Waals surface area contributed by atoms with Crippen LogP contribution in [-0.4, -0.2) is 9.97 Å². The van der Waals surface area contributed by atoms with Gasteiger partial charge in [0.2, 0.25) is 0 Å². The van der Waals surface area contributed by atoms with Gasteiger partial charge in [-0.05, 0) is 13.0 Å². The van der Waals surface area contributed by atoms with E-state index in [-0.39, 0.29) is 27.1 Å². The SMILES string of the molecule is CC(NNc1ncc(C(F)(F)F)cc1Cl)=C(C#N)C(N)=S. The smallest absolute Gasteiger partial charge is 0.389 e. The van der Waals surface area contributed by atoms with Gasteiger partial charge in [-0.2, -0.15) is 18.4 Å². The minimum Gasteiger partial charge on any atom is -0.389 e. The van der Waals surface area contributed by atoms with Crippen LogP contribution in [0.25, 0.3) is 0 Å². The van der Waals surface area contributed by atoms with E-state index in [4.69, 9.17) is 22.6 Å². The number of nitrogens with two attached hydrogens (primary N) is 1. The molecule has 0 bridgehead atoms. The second-order valence-corrected chi connectivity index (χ2v) is 4.63. The lowest BCUT2D eigenvalue weighted by molar-refractivity contribution is -0.137. The van der Waals surface area contributed by atoms with E-state index in [9.17, 15) is 13.2 Å². The number of hydrogen-bond acceptors (Lipinski definition) is 5. The number of rotatable bonds is 4. The third kappa shape index (κ3) is 4.47. The van der Waals surface area contributed by atoms with Crippen LogP contribution < -0.4 is 16.6 Å². The summed E-state index contributed by atoms with van der Waals surface area (Å²) in [5.41, 5.74) is 9.69. The van der Waals surface area contributed by atoms with Gasteiger partial charge in [0.25, 0.3) is 0 Å². The summed E-state index contributed by atoms with van der Waals surface area (Å²) < 4.78 is 37.3. The normalized spacial score (nSPS) is 12.2. The predicted octanol–water partition coefficient (Wildman–Crippen LogP) is 2.75. The van der Waals surface area contributed by atoms with Crippen molar-refractivity contribution in [3.8, 4) is 6.07 Å². The zero-order chi connectivity index (χ0) is 16.2. The molecule has 1 aromatic heterocycles. The number of hydrogen-bond donors (Lipinski definition) is 3. The van der Waals surface area contributed by atoms with Crippen molar-refractivity contribution in [3.05, 3.63) is 34.1 Å². The van der Waals surface area contributed by atoms with E-state index >= 15 is 0 Å². The van der Waals surface area contributed by atoms with E-state index in [0.29, 0.717) is 6.20 Å². The summed E-state index contributed by atoms with van der Waals surface area (Å²) in [6, 6.07) is 2.52. The summed E-state index contributed by atoms with van der Waals surface area (Å²) >= 11 is 10.4. The van der Waals surface area contributed by atoms with Crippen molar-refractivity contribution in [2.45, 2.75) is 13.1 Å². The Morgan fingerprint density at radius 3 is 2.57 bits per heavy atom.